The monoisotopic (exact) mass is 319 g/mol. The number of rotatable bonds is 7. The molecule has 6 heteroatoms. The molecule has 3 N–H and O–H groups in total. The van der Waals surface area contributed by atoms with Crippen LogP contribution in [0.5, 0.6) is 0 Å². The van der Waals surface area contributed by atoms with Crippen LogP contribution in [0.1, 0.15) is 31.7 Å². The zero-order valence-corrected chi connectivity index (χ0v) is 13.5. The summed E-state index contributed by atoms with van der Waals surface area (Å²) in [6.45, 7) is 4.76. The van der Waals surface area contributed by atoms with E-state index in [0.29, 0.717) is 6.54 Å². The molecule has 1 fully saturated rings. The van der Waals surface area contributed by atoms with Gasteiger partial charge in [-0.3, -0.25) is 9.69 Å². The smallest absolute Gasteiger partial charge is 0.314 e. The molecule has 126 valence electrons. The molecule has 0 radical (unpaired) electrons. The average molecular weight is 319 g/mol. The SMILES string of the molecule is CC1(CNC(=O)NCCC(=O)O)CCCN1Cc1ccccc1. The number of nitrogens with zero attached hydrogens (tertiary/aromatic N) is 1. The van der Waals surface area contributed by atoms with Crippen LogP contribution in [0, 0.1) is 0 Å². The summed E-state index contributed by atoms with van der Waals surface area (Å²) in [4.78, 5) is 24.6. The molecule has 1 aromatic carbocycles. The van der Waals surface area contributed by atoms with Crippen LogP contribution in [0.2, 0.25) is 0 Å². The minimum absolute atomic E-state index is 0.0647. The van der Waals surface area contributed by atoms with Gasteiger partial charge in [0, 0.05) is 25.2 Å². The van der Waals surface area contributed by atoms with Gasteiger partial charge >= 0.3 is 12.0 Å². The van der Waals surface area contributed by atoms with Crippen molar-refractivity contribution in [1.29, 1.82) is 0 Å². The Hall–Kier alpha value is -2.08. The predicted molar refractivity (Wildman–Crippen MR) is 88.1 cm³/mol. The zero-order chi connectivity index (χ0) is 16.7. The van der Waals surface area contributed by atoms with Gasteiger partial charge in [-0.25, -0.2) is 4.79 Å². The molecule has 1 saturated heterocycles. The summed E-state index contributed by atoms with van der Waals surface area (Å²) in [5, 5.41) is 14.0. The summed E-state index contributed by atoms with van der Waals surface area (Å²) in [5.74, 6) is -0.915. The summed E-state index contributed by atoms with van der Waals surface area (Å²) in [5.41, 5.74) is 1.20. The highest BCUT2D eigenvalue weighted by atomic mass is 16.4. The summed E-state index contributed by atoms with van der Waals surface area (Å²) < 4.78 is 0. The summed E-state index contributed by atoms with van der Waals surface area (Å²) in [6, 6.07) is 10.0. The molecule has 23 heavy (non-hydrogen) atoms. The fourth-order valence-electron chi connectivity index (χ4n) is 2.97. The van der Waals surface area contributed by atoms with Crippen LogP contribution in [0.25, 0.3) is 0 Å². The molecule has 0 aromatic heterocycles. The standard InChI is InChI=1S/C17H25N3O3/c1-17(13-19-16(23)18-10-8-15(21)22)9-5-11-20(17)12-14-6-3-2-4-7-14/h2-4,6-7H,5,8-13H2,1H3,(H,21,22)(H2,18,19,23). The Bertz CT molecular complexity index is 535. The van der Waals surface area contributed by atoms with Gasteiger partial charge in [-0.05, 0) is 31.9 Å². The molecule has 0 bridgehead atoms. The molecule has 0 saturated carbocycles. The second-order valence-corrected chi connectivity index (χ2v) is 6.26. The van der Waals surface area contributed by atoms with Crippen molar-refractivity contribution in [3.8, 4) is 0 Å². The van der Waals surface area contributed by atoms with Crippen LogP contribution in [0.15, 0.2) is 30.3 Å². The van der Waals surface area contributed by atoms with Crippen molar-refractivity contribution in [1.82, 2.24) is 15.5 Å². The third-order valence-corrected chi connectivity index (χ3v) is 4.38. The first-order valence-corrected chi connectivity index (χ1v) is 8.02. The van der Waals surface area contributed by atoms with Gasteiger partial charge in [-0.15, -0.1) is 0 Å². The minimum Gasteiger partial charge on any atom is -0.481 e. The van der Waals surface area contributed by atoms with Crippen LogP contribution >= 0.6 is 0 Å². The van der Waals surface area contributed by atoms with Crippen LogP contribution < -0.4 is 10.6 Å². The van der Waals surface area contributed by atoms with Crippen LogP contribution in [-0.4, -0.2) is 47.2 Å². The number of urea groups is 1. The van der Waals surface area contributed by atoms with Crippen molar-refractivity contribution in [2.24, 2.45) is 0 Å². The van der Waals surface area contributed by atoms with E-state index in [0.717, 1.165) is 25.9 Å². The van der Waals surface area contributed by atoms with Crippen molar-refractivity contribution < 1.29 is 14.7 Å². The highest BCUT2D eigenvalue weighted by Crippen LogP contribution is 2.29. The molecule has 1 aromatic rings. The van der Waals surface area contributed by atoms with Crippen molar-refractivity contribution in [3.63, 3.8) is 0 Å². The summed E-state index contributed by atoms with van der Waals surface area (Å²) >= 11 is 0. The fraction of sp³-hybridized carbons (Fsp3) is 0.529. The molecule has 1 heterocycles. The lowest BCUT2D eigenvalue weighted by Crippen LogP contribution is -2.51. The lowest BCUT2D eigenvalue weighted by molar-refractivity contribution is -0.136. The topological polar surface area (TPSA) is 81.7 Å². The maximum Gasteiger partial charge on any atom is 0.314 e. The lowest BCUT2D eigenvalue weighted by atomic mass is 9.98. The highest BCUT2D eigenvalue weighted by Gasteiger charge is 2.36. The normalized spacial score (nSPS) is 21.1. The Labute approximate surface area is 136 Å². The quantitative estimate of drug-likeness (QED) is 0.716. The van der Waals surface area contributed by atoms with E-state index in [1.165, 1.54) is 5.56 Å². The van der Waals surface area contributed by atoms with E-state index in [4.69, 9.17) is 5.11 Å². The maximum absolute atomic E-state index is 11.8. The first-order valence-electron chi connectivity index (χ1n) is 8.02. The molecule has 2 rings (SSSR count). The molecule has 2 amide bonds. The van der Waals surface area contributed by atoms with Crippen LogP contribution in [0.4, 0.5) is 4.79 Å². The molecule has 0 spiro atoms. The van der Waals surface area contributed by atoms with Crippen LogP contribution in [-0.2, 0) is 11.3 Å². The van der Waals surface area contributed by atoms with E-state index in [9.17, 15) is 9.59 Å². The van der Waals surface area contributed by atoms with Gasteiger partial charge < -0.3 is 15.7 Å². The predicted octanol–water partition coefficient (Wildman–Crippen LogP) is 1.81. The lowest BCUT2D eigenvalue weighted by Gasteiger charge is -2.35. The Kier molecular flexibility index (Phi) is 5.98. The molecule has 1 aliphatic heterocycles. The number of carboxylic acids is 1. The number of aliphatic carboxylic acids is 1. The summed E-state index contributed by atoms with van der Waals surface area (Å²) in [6.07, 6.45) is 2.09. The third-order valence-electron chi connectivity index (χ3n) is 4.38. The molecule has 1 atom stereocenters. The van der Waals surface area contributed by atoms with E-state index in [-0.39, 0.29) is 24.5 Å². The molecular weight excluding hydrogens is 294 g/mol. The molecule has 0 aliphatic carbocycles. The number of nitrogens with one attached hydrogen (secondary N) is 2. The second-order valence-electron chi connectivity index (χ2n) is 6.26. The fourth-order valence-corrected chi connectivity index (χ4v) is 2.97. The van der Waals surface area contributed by atoms with Crippen molar-refractivity contribution in [2.75, 3.05) is 19.6 Å². The van der Waals surface area contributed by atoms with Crippen molar-refractivity contribution in [3.05, 3.63) is 35.9 Å². The first kappa shape index (κ1) is 17.3. The second kappa shape index (κ2) is 7.97. The minimum atomic E-state index is -0.915. The number of likely N-dealkylation sites (tertiary alicyclic amines) is 1. The van der Waals surface area contributed by atoms with Gasteiger partial charge in [0.05, 0.1) is 6.42 Å². The van der Waals surface area contributed by atoms with E-state index in [1.807, 2.05) is 18.2 Å². The summed E-state index contributed by atoms with van der Waals surface area (Å²) in [7, 11) is 0. The van der Waals surface area contributed by atoms with Crippen LogP contribution in [0.3, 0.4) is 0 Å². The van der Waals surface area contributed by atoms with Gasteiger partial charge in [-0.1, -0.05) is 30.3 Å². The molecular formula is C17H25N3O3. The van der Waals surface area contributed by atoms with Gasteiger partial charge in [0.1, 0.15) is 0 Å². The van der Waals surface area contributed by atoms with Gasteiger partial charge in [0.15, 0.2) is 0 Å². The first-order chi connectivity index (χ1) is 11.0. The van der Waals surface area contributed by atoms with Crippen molar-refractivity contribution >= 4 is 12.0 Å². The van der Waals surface area contributed by atoms with Crippen molar-refractivity contribution in [2.45, 2.75) is 38.3 Å². The average Bonchev–Trinajstić information content (AvgIpc) is 2.87. The number of hydrogen-bond donors (Lipinski definition) is 3. The van der Waals surface area contributed by atoms with Gasteiger partial charge in [-0.2, -0.15) is 0 Å². The van der Waals surface area contributed by atoms with E-state index in [1.54, 1.807) is 0 Å². The van der Waals surface area contributed by atoms with E-state index < -0.39 is 5.97 Å². The number of amides is 2. The Balaban J connectivity index is 1.82. The molecule has 1 aliphatic rings. The zero-order valence-electron chi connectivity index (χ0n) is 13.5. The molecule has 1 unspecified atom stereocenters. The Morgan fingerprint density at radius 1 is 1.26 bits per heavy atom. The highest BCUT2D eigenvalue weighted by molar-refractivity contribution is 5.75. The van der Waals surface area contributed by atoms with E-state index in [2.05, 4.69) is 34.6 Å². The van der Waals surface area contributed by atoms with Gasteiger partial charge in [0.25, 0.3) is 0 Å². The van der Waals surface area contributed by atoms with E-state index >= 15 is 0 Å². The largest absolute Gasteiger partial charge is 0.481 e. The third kappa shape index (κ3) is 5.25. The number of benzene rings is 1. The Morgan fingerprint density at radius 3 is 2.70 bits per heavy atom. The molecule has 6 nitrogen and oxygen atoms in total. The maximum atomic E-state index is 11.8. The Morgan fingerprint density at radius 2 is 2.00 bits per heavy atom. The van der Waals surface area contributed by atoms with Gasteiger partial charge in [0.2, 0.25) is 0 Å². The number of hydrogen-bond acceptors (Lipinski definition) is 3. The number of carbonyl (C=O) groups excluding carboxylic acids is 1. The number of carboxylic acid groups (broad SMARTS) is 1. The number of carbonyl (C=O) groups is 2.